The topological polar surface area (TPSA) is 88.3 Å². The van der Waals surface area contributed by atoms with Crippen LogP contribution in [0.3, 0.4) is 0 Å². The molecule has 6 nitrogen and oxygen atoms in total. The summed E-state index contributed by atoms with van der Waals surface area (Å²) in [5.74, 6) is -0.582. The molecule has 0 saturated carbocycles. The molecule has 0 saturated heterocycles. The van der Waals surface area contributed by atoms with Crippen LogP contribution < -0.4 is 11.1 Å². The lowest BCUT2D eigenvalue weighted by atomic mass is 10.1. The maximum Gasteiger partial charge on any atom is 0.273 e. The van der Waals surface area contributed by atoms with Gasteiger partial charge in [-0.05, 0) is 0 Å². The summed E-state index contributed by atoms with van der Waals surface area (Å²) in [6.45, 7) is 2.11. The van der Waals surface area contributed by atoms with Crippen molar-refractivity contribution in [3.8, 4) is 0 Å². The number of carbonyl (C=O) groups excluding carboxylic acids is 2. The lowest BCUT2D eigenvalue weighted by molar-refractivity contribution is -0.124. The third-order valence-corrected chi connectivity index (χ3v) is 3.00. The molecule has 0 aromatic carbocycles. The zero-order valence-electron chi connectivity index (χ0n) is 10.1. The SMILES string of the molecule is CNC(=O)C(C)CN(C)C(=O)c1csc(N)n1. The van der Waals surface area contributed by atoms with Gasteiger partial charge in [-0.15, -0.1) is 11.3 Å². The van der Waals surface area contributed by atoms with E-state index in [0.29, 0.717) is 17.4 Å². The van der Waals surface area contributed by atoms with E-state index in [9.17, 15) is 9.59 Å². The molecular formula is C10H16N4O2S. The fraction of sp³-hybridized carbons (Fsp3) is 0.500. The highest BCUT2D eigenvalue weighted by atomic mass is 32.1. The monoisotopic (exact) mass is 256 g/mol. The van der Waals surface area contributed by atoms with Crippen molar-refractivity contribution in [2.45, 2.75) is 6.92 Å². The van der Waals surface area contributed by atoms with Crippen molar-refractivity contribution in [1.29, 1.82) is 0 Å². The Labute approximate surface area is 104 Å². The van der Waals surface area contributed by atoms with E-state index in [1.54, 1.807) is 26.4 Å². The first-order valence-corrected chi connectivity index (χ1v) is 6.01. The Morgan fingerprint density at radius 3 is 2.76 bits per heavy atom. The van der Waals surface area contributed by atoms with Crippen LogP contribution in [-0.4, -0.2) is 42.3 Å². The van der Waals surface area contributed by atoms with Gasteiger partial charge in [0, 0.05) is 26.0 Å². The molecule has 2 amide bonds. The Balaban J connectivity index is 2.62. The van der Waals surface area contributed by atoms with Gasteiger partial charge in [0.1, 0.15) is 5.69 Å². The van der Waals surface area contributed by atoms with Gasteiger partial charge < -0.3 is 16.0 Å². The van der Waals surface area contributed by atoms with Crippen LogP contribution in [0.2, 0.25) is 0 Å². The molecule has 1 heterocycles. The Kier molecular flexibility index (Phi) is 4.45. The molecule has 0 spiro atoms. The van der Waals surface area contributed by atoms with Crippen molar-refractivity contribution in [3.63, 3.8) is 0 Å². The number of aromatic nitrogens is 1. The molecule has 0 fully saturated rings. The highest BCUT2D eigenvalue weighted by Gasteiger charge is 2.19. The van der Waals surface area contributed by atoms with Crippen molar-refractivity contribution in [1.82, 2.24) is 15.2 Å². The molecule has 94 valence electrons. The number of hydrogen-bond acceptors (Lipinski definition) is 5. The minimum Gasteiger partial charge on any atom is -0.375 e. The van der Waals surface area contributed by atoms with Crippen LogP contribution in [0.15, 0.2) is 5.38 Å². The van der Waals surface area contributed by atoms with E-state index < -0.39 is 0 Å². The van der Waals surface area contributed by atoms with Gasteiger partial charge >= 0.3 is 0 Å². The summed E-state index contributed by atoms with van der Waals surface area (Å²) in [5, 5.41) is 4.51. The van der Waals surface area contributed by atoms with Crippen LogP contribution in [-0.2, 0) is 4.79 Å². The zero-order valence-corrected chi connectivity index (χ0v) is 10.9. The van der Waals surface area contributed by atoms with E-state index in [-0.39, 0.29) is 17.7 Å². The molecule has 1 unspecified atom stereocenters. The highest BCUT2D eigenvalue weighted by Crippen LogP contribution is 2.13. The Morgan fingerprint density at radius 2 is 2.29 bits per heavy atom. The Hall–Kier alpha value is -1.63. The first-order chi connectivity index (χ1) is 7.95. The molecule has 17 heavy (non-hydrogen) atoms. The predicted octanol–water partition coefficient (Wildman–Crippen LogP) is 0.179. The minimum absolute atomic E-state index is 0.0950. The second-order valence-corrected chi connectivity index (χ2v) is 4.66. The van der Waals surface area contributed by atoms with Crippen molar-refractivity contribution in [2.75, 3.05) is 26.4 Å². The smallest absolute Gasteiger partial charge is 0.273 e. The summed E-state index contributed by atoms with van der Waals surface area (Å²) < 4.78 is 0. The molecule has 1 aromatic heterocycles. The number of rotatable bonds is 4. The first kappa shape index (κ1) is 13.4. The van der Waals surface area contributed by atoms with Crippen LogP contribution in [0.1, 0.15) is 17.4 Å². The second kappa shape index (κ2) is 5.62. The van der Waals surface area contributed by atoms with Gasteiger partial charge in [0.2, 0.25) is 5.91 Å². The Morgan fingerprint density at radius 1 is 1.65 bits per heavy atom. The third-order valence-electron chi connectivity index (χ3n) is 2.33. The number of amides is 2. The number of nitrogens with two attached hydrogens (primary N) is 1. The quantitative estimate of drug-likeness (QED) is 0.804. The number of nitrogen functional groups attached to an aromatic ring is 1. The van der Waals surface area contributed by atoms with Crippen LogP contribution >= 0.6 is 11.3 Å². The molecule has 0 radical (unpaired) electrons. The summed E-state index contributed by atoms with van der Waals surface area (Å²) in [7, 11) is 3.21. The summed E-state index contributed by atoms with van der Waals surface area (Å²) in [6, 6.07) is 0. The molecule has 0 aliphatic carbocycles. The number of anilines is 1. The average molecular weight is 256 g/mol. The standard InChI is InChI=1S/C10H16N4O2S/c1-6(8(15)12-2)4-14(3)9(16)7-5-17-10(11)13-7/h5-6H,4H2,1-3H3,(H2,11,13)(H,12,15). The van der Waals surface area contributed by atoms with Gasteiger partial charge in [0.05, 0.1) is 5.92 Å². The van der Waals surface area contributed by atoms with Crippen LogP contribution in [0, 0.1) is 5.92 Å². The van der Waals surface area contributed by atoms with Gasteiger partial charge in [0.25, 0.3) is 5.91 Å². The van der Waals surface area contributed by atoms with E-state index in [2.05, 4.69) is 10.3 Å². The van der Waals surface area contributed by atoms with Crippen molar-refractivity contribution in [2.24, 2.45) is 5.92 Å². The molecule has 0 aliphatic rings. The lowest BCUT2D eigenvalue weighted by Crippen LogP contribution is -2.37. The predicted molar refractivity (Wildman–Crippen MR) is 66.7 cm³/mol. The summed E-state index contributed by atoms with van der Waals surface area (Å²) in [5.41, 5.74) is 5.78. The van der Waals surface area contributed by atoms with Gasteiger partial charge in [0.15, 0.2) is 5.13 Å². The number of nitrogens with one attached hydrogen (secondary N) is 1. The molecular weight excluding hydrogens is 240 g/mol. The summed E-state index contributed by atoms with van der Waals surface area (Å²) in [4.78, 5) is 28.6. The first-order valence-electron chi connectivity index (χ1n) is 5.13. The van der Waals surface area contributed by atoms with Crippen molar-refractivity contribution < 1.29 is 9.59 Å². The van der Waals surface area contributed by atoms with Crippen LogP contribution in [0.4, 0.5) is 5.13 Å². The maximum atomic E-state index is 11.9. The number of thiazole rings is 1. The molecule has 0 bridgehead atoms. The fourth-order valence-corrected chi connectivity index (χ4v) is 1.94. The molecule has 3 N–H and O–H groups in total. The van der Waals surface area contributed by atoms with Gasteiger partial charge in [-0.2, -0.15) is 0 Å². The lowest BCUT2D eigenvalue weighted by Gasteiger charge is -2.19. The van der Waals surface area contributed by atoms with E-state index in [4.69, 9.17) is 5.73 Å². The maximum absolute atomic E-state index is 11.9. The highest BCUT2D eigenvalue weighted by molar-refractivity contribution is 7.13. The van der Waals surface area contributed by atoms with Gasteiger partial charge in [-0.1, -0.05) is 6.92 Å². The number of hydrogen-bond donors (Lipinski definition) is 2. The summed E-state index contributed by atoms with van der Waals surface area (Å²) in [6.07, 6.45) is 0. The van der Waals surface area contributed by atoms with E-state index >= 15 is 0 Å². The van der Waals surface area contributed by atoms with Crippen molar-refractivity contribution in [3.05, 3.63) is 11.1 Å². The molecule has 7 heteroatoms. The normalized spacial score (nSPS) is 11.9. The van der Waals surface area contributed by atoms with Gasteiger partial charge in [-0.3, -0.25) is 9.59 Å². The molecule has 1 rings (SSSR count). The molecule has 0 aliphatic heterocycles. The van der Waals surface area contributed by atoms with E-state index in [1.807, 2.05) is 0 Å². The van der Waals surface area contributed by atoms with E-state index in [1.165, 1.54) is 16.2 Å². The largest absolute Gasteiger partial charge is 0.375 e. The average Bonchev–Trinajstić information content (AvgIpc) is 2.73. The second-order valence-electron chi connectivity index (χ2n) is 3.77. The van der Waals surface area contributed by atoms with Crippen LogP contribution in [0.25, 0.3) is 0 Å². The number of carbonyl (C=O) groups is 2. The number of nitrogens with zero attached hydrogens (tertiary/aromatic N) is 2. The van der Waals surface area contributed by atoms with E-state index in [0.717, 1.165) is 0 Å². The van der Waals surface area contributed by atoms with Crippen LogP contribution in [0.5, 0.6) is 0 Å². The fourth-order valence-electron chi connectivity index (χ4n) is 1.40. The molecule has 1 aromatic rings. The Bertz CT molecular complexity index is 418. The summed E-state index contributed by atoms with van der Waals surface area (Å²) >= 11 is 1.22. The third kappa shape index (κ3) is 3.42. The zero-order chi connectivity index (χ0) is 13.0. The minimum atomic E-state index is -0.259. The van der Waals surface area contributed by atoms with Crippen molar-refractivity contribution >= 4 is 28.3 Å². The molecule has 1 atom stereocenters. The van der Waals surface area contributed by atoms with Gasteiger partial charge in [-0.25, -0.2) is 4.98 Å².